The highest BCUT2D eigenvalue weighted by Gasteiger charge is 2.16. The number of hydrogen-bond acceptors (Lipinski definition) is 4. The first-order chi connectivity index (χ1) is 8.63. The number of piperidine rings is 1. The molecule has 1 saturated heterocycles. The van der Waals surface area contributed by atoms with E-state index >= 15 is 0 Å². The molecule has 0 aliphatic carbocycles. The maximum absolute atomic E-state index is 3.44. The van der Waals surface area contributed by atoms with Crippen LogP contribution in [-0.4, -0.2) is 73.7 Å². The van der Waals surface area contributed by atoms with E-state index in [1.165, 1.54) is 44.8 Å². The highest BCUT2D eigenvalue weighted by atomic mass is 32.2. The second kappa shape index (κ2) is 9.18. The molecule has 0 aromatic carbocycles. The van der Waals surface area contributed by atoms with Gasteiger partial charge >= 0.3 is 0 Å². The van der Waals surface area contributed by atoms with Crippen LogP contribution in [0.25, 0.3) is 0 Å². The third-order valence-corrected chi connectivity index (χ3v) is 5.04. The zero-order chi connectivity index (χ0) is 13.4. The average Bonchev–Trinajstić information content (AvgIpc) is 2.35. The van der Waals surface area contributed by atoms with E-state index in [1.807, 2.05) is 0 Å². The summed E-state index contributed by atoms with van der Waals surface area (Å²) >= 11 is 2.18. The van der Waals surface area contributed by atoms with Gasteiger partial charge in [-0.05, 0) is 53.5 Å². The predicted molar refractivity (Wildman–Crippen MR) is 83.6 cm³/mol. The van der Waals surface area contributed by atoms with Gasteiger partial charge in [-0.3, -0.25) is 4.90 Å². The van der Waals surface area contributed by atoms with Gasteiger partial charge in [0.1, 0.15) is 0 Å². The van der Waals surface area contributed by atoms with Crippen molar-refractivity contribution in [3.63, 3.8) is 0 Å². The van der Waals surface area contributed by atoms with Gasteiger partial charge < -0.3 is 10.2 Å². The lowest BCUT2D eigenvalue weighted by molar-refractivity contribution is 0.191. The van der Waals surface area contributed by atoms with E-state index in [0.717, 1.165) is 11.8 Å². The van der Waals surface area contributed by atoms with E-state index in [9.17, 15) is 0 Å². The smallest absolute Gasteiger partial charge is 0.0194 e. The molecule has 1 atom stereocenters. The van der Waals surface area contributed by atoms with E-state index in [4.69, 9.17) is 0 Å². The Balaban J connectivity index is 2.17. The summed E-state index contributed by atoms with van der Waals surface area (Å²) in [7, 11) is 4.32. The Kier molecular flexibility index (Phi) is 8.31. The van der Waals surface area contributed by atoms with Gasteiger partial charge in [0, 0.05) is 30.1 Å². The van der Waals surface area contributed by atoms with Crippen LogP contribution in [-0.2, 0) is 0 Å². The van der Waals surface area contributed by atoms with Gasteiger partial charge in [0.15, 0.2) is 0 Å². The average molecular weight is 273 g/mol. The zero-order valence-corrected chi connectivity index (χ0v) is 13.4. The van der Waals surface area contributed by atoms with Gasteiger partial charge in [-0.2, -0.15) is 11.8 Å². The Bertz CT molecular complexity index is 205. The van der Waals surface area contributed by atoms with Crippen molar-refractivity contribution in [2.24, 2.45) is 0 Å². The van der Waals surface area contributed by atoms with Crippen molar-refractivity contribution >= 4 is 11.8 Å². The van der Waals surface area contributed by atoms with Crippen LogP contribution in [0.2, 0.25) is 0 Å². The highest BCUT2D eigenvalue weighted by Crippen LogP contribution is 2.20. The third-order valence-electron chi connectivity index (χ3n) is 3.68. The molecule has 0 aromatic heterocycles. The molecule has 18 heavy (non-hydrogen) atoms. The maximum Gasteiger partial charge on any atom is 0.0194 e. The minimum absolute atomic E-state index is 0.665. The first kappa shape index (κ1) is 16.3. The van der Waals surface area contributed by atoms with Crippen LogP contribution < -0.4 is 5.32 Å². The van der Waals surface area contributed by atoms with Crippen molar-refractivity contribution in [1.29, 1.82) is 0 Å². The van der Waals surface area contributed by atoms with E-state index < -0.39 is 0 Å². The van der Waals surface area contributed by atoms with E-state index in [0.29, 0.717) is 6.04 Å². The van der Waals surface area contributed by atoms with Crippen molar-refractivity contribution < 1.29 is 0 Å². The summed E-state index contributed by atoms with van der Waals surface area (Å²) in [6, 6.07) is 0.665. The molecule has 1 heterocycles. The lowest BCUT2D eigenvalue weighted by Crippen LogP contribution is -2.41. The van der Waals surface area contributed by atoms with E-state index in [-0.39, 0.29) is 0 Å². The lowest BCUT2D eigenvalue weighted by Gasteiger charge is -2.30. The molecule has 0 amide bonds. The minimum atomic E-state index is 0.665. The molecule has 3 nitrogen and oxygen atoms in total. The van der Waals surface area contributed by atoms with E-state index in [1.54, 1.807) is 0 Å². The lowest BCUT2D eigenvalue weighted by atomic mass is 10.2. The minimum Gasteiger partial charge on any atom is -0.317 e. The summed E-state index contributed by atoms with van der Waals surface area (Å²) in [6.45, 7) is 10.6. The molecule has 0 bridgehead atoms. The van der Waals surface area contributed by atoms with Crippen LogP contribution in [0.15, 0.2) is 0 Å². The van der Waals surface area contributed by atoms with Crippen molar-refractivity contribution in [3.05, 3.63) is 0 Å². The van der Waals surface area contributed by atoms with Crippen LogP contribution in [0.4, 0.5) is 0 Å². The van der Waals surface area contributed by atoms with Gasteiger partial charge in [0.05, 0.1) is 0 Å². The summed E-state index contributed by atoms with van der Waals surface area (Å²) in [5.74, 6) is 1.29. The molecular formula is C14H31N3S. The topological polar surface area (TPSA) is 18.5 Å². The fourth-order valence-corrected chi connectivity index (χ4v) is 3.88. The van der Waals surface area contributed by atoms with Gasteiger partial charge in [-0.15, -0.1) is 0 Å². The first-order valence-electron chi connectivity index (χ1n) is 7.34. The summed E-state index contributed by atoms with van der Waals surface area (Å²) in [5.41, 5.74) is 0. The molecule has 1 rings (SSSR count). The van der Waals surface area contributed by atoms with Crippen molar-refractivity contribution in [3.8, 4) is 0 Å². The Labute approximate surface area is 118 Å². The van der Waals surface area contributed by atoms with Crippen molar-refractivity contribution in [1.82, 2.24) is 15.1 Å². The van der Waals surface area contributed by atoms with E-state index in [2.05, 4.69) is 54.8 Å². The predicted octanol–water partition coefficient (Wildman–Crippen LogP) is 1.74. The highest BCUT2D eigenvalue weighted by molar-refractivity contribution is 7.99. The molecule has 0 radical (unpaired) electrons. The summed E-state index contributed by atoms with van der Waals surface area (Å²) in [5, 5.41) is 4.33. The SMILES string of the molecule is CCN(CCSC1CCNCC1)C(C)CN(C)C. The van der Waals surface area contributed by atoms with Gasteiger partial charge in [-0.1, -0.05) is 6.92 Å². The normalized spacial score (nSPS) is 19.7. The summed E-state index contributed by atoms with van der Waals surface area (Å²) < 4.78 is 0. The van der Waals surface area contributed by atoms with Crippen molar-refractivity contribution in [2.45, 2.75) is 38.0 Å². The molecule has 1 N–H and O–H groups in total. The number of rotatable bonds is 8. The molecule has 1 fully saturated rings. The molecule has 1 aliphatic rings. The number of thioether (sulfide) groups is 1. The number of nitrogens with zero attached hydrogens (tertiary/aromatic N) is 2. The Hall–Kier alpha value is 0.230. The maximum atomic E-state index is 3.44. The molecule has 0 spiro atoms. The Morgan fingerprint density at radius 1 is 1.28 bits per heavy atom. The van der Waals surface area contributed by atoms with Crippen LogP contribution in [0.3, 0.4) is 0 Å². The van der Waals surface area contributed by atoms with Crippen LogP contribution in [0.1, 0.15) is 26.7 Å². The molecule has 108 valence electrons. The number of nitrogens with one attached hydrogen (secondary N) is 1. The fraction of sp³-hybridized carbons (Fsp3) is 1.00. The standard InChI is InChI=1S/C14H31N3S/c1-5-17(13(2)12-16(3)4)10-11-18-14-6-8-15-9-7-14/h13-15H,5-12H2,1-4H3. The molecule has 1 aliphatic heterocycles. The van der Waals surface area contributed by atoms with Crippen LogP contribution >= 0.6 is 11.8 Å². The third kappa shape index (κ3) is 6.41. The monoisotopic (exact) mass is 273 g/mol. The summed E-state index contributed by atoms with van der Waals surface area (Å²) in [4.78, 5) is 4.89. The first-order valence-corrected chi connectivity index (χ1v) is 8.39. The Morgan fingerprint density at radius 2 is 1.94 bits per heavy atom. The van der Waals surface area contributed by atoms with Crippen LogP contribution in [0.5, 0.6) is 0 Å². The van der Waals surface area contributed by atoms with Gasteiger partial charge in [-0.25, -0.2) is 0 Å². The number of likely N-dealkylation sites (N-methyl/N-ethyl adjacent to an activating group) is 2. The zero-order valence-electron chi connectivity index (χ0n) is 12.6. The quantitative estimate of drug-likeness (QED) is 0.726. The van der Waals surface area contributed by atoms with Crippen LogP contribution in [0, 0.1) is 0 Å². The molecule has 4 heteroatoms. The molecule has 1 unspecified atom stereocenters. The summed E-state index contributed by atoms with van der Waals surface area (Å²) in [6.07, 6.45) is 2.70. The molecule has 0 aromatic rings. The largest absolute Gasteiger partial charge is 0.317 e. The van der Waals surface area contributed by atoms with Gasteiger partial charge in [0.2, 0.25) is 0 Å². The molecular weight excluding hydrogens is 242 g/mol. The Morgan fingerprint density at radius 3 is 2.50 bits per heavy atom. The second-order valence-electron chi connectivity index (χ2n) is 5.56. The van der Waals surface area contributed by atoms with Crippen molar-refractivity contribution in [2.75, 3.05) is 52.6 Å². The molecule has 0 saturated carbocycles. The second-order valence-corrected chi connectivity index (χ2v) is 6.97. The fourth-order valence-electron chi connectivity index (χ4n) is 2.63. The van der Waals surface area contributed by atoms with Gasteiger partial charge in [0.25, 0.3) is 0 Å². The number of hydrogen-bond donors (Lipinski definition) is 1.